The summed E-state index contributed by atoms with van der Waals surface area (Å²) in [5, 5.41) is 7.60. The van der Waals surface area contributed by atoms with Crippen LogP contribution < -0.4 is 0 Å². The second kappa shape index (κ2) is 10.2. The van der Waals surface area contributed by atoms with Crippen LogP contribution in [0.2, 0.25) is 0 Å². The van der Waals surface area contributed by atoms with Crippen molar-refractivity contribution in [2.75, 3.05) is 0 Å². The van der Waals surface area contributed by atoms with Crippen LogP contribution in [0.25, 0.3) is 76.8 Å². The molecule has 8 rings (SSSR count). The van der Waals surface area contributed by atoms with Crippen molar-refractivity contribution >= 4 is 32.3 Å². The standard InChI is InChI=1S/C42H28/c1-3-13-29(14-4-1)32-19-11-20-34(27-32)41-37-22-9-10-23-38(37)42(36-24-12-18-31-17-7-8-21-35(31)36)40-28-33(25-26-39(40)41)30-15-5-2-6-16-30/h1-28H. The van der Waals surface area contributed by atoms with Crippen LogP contribution in [0.1, 0.15) is 0 Å². The molecule has 8 aromatic carbocycles. The smallest absolute Gasteiger partial charge is 0.00199 e. The first kappa shape index (κ1) is 24.3. The lowest BCUT2D eigenvalue weighted by Crippen LogP contribution is -1.93. The molecule has 8 aromatic rings. The van der Waals surface area contributed by atoms with Crippen LogP contribution in [-0.2, 0) is 0 Å². The minimum Gasteiger partial charge on any atom is -0.0622 e. The van der Waals surface area contributed by atoms with E-state index in [1.54, 1.807) is 0 Å². The van der Waals surface area contributed by atoms with Crippen molar-refractivity contribution in [1.82, 2.24) is 0 Å². The zero-order valence-electron chi connectivity index (χ0n) is 23.2. The summed E-state index contributed by atoms with van der Waals surface area (Å²) in [6, 6.07) is 61.8. The lowest BCUT2D eigenvalue weighted by Gasteiger charge is -2.20. The number of fused-ring (bicyclic) bond motifs is 3. The molecule has 0 heterocycles. The van der Waals surface area contributed by atoms with Gasteiger partial charge in [0.15, 0.2) is 0 Å². The maximum absolute atomic E-state index is 2.40. The minimum atomic E-state index is 1.23. The average molecular weight is 533 g/mol. The quantitative estimate of drug-likeness (QED) is 0.198. The number of rotatable bonds is 4. The Kier molecular flexibility index (Phi) is 5.90. The van der Waals surface area contributed by atoms with Crippen LogP contribution in [0.15, 0.2) is 170 Å². The van der Waals surface area contributed by atoms with Crippen molar-refractivity contribution in [2.45, 2.75) is 0 Å². The van der Waals surface area contributed by atoms with Gasteiger partial charge in [-0.15, -0.1) is 0 Å². The van der Waals surface area contributed by atoms with Crippen LogP contribution >= 0.6 is 0 Å². The molecule has 196 valence electrons. The molecule has 0 spiro atoms. The van der Waals surface area contributed by atoms with Gasteiger partial charge in [0.2, 0.25) is 0 Å². The van der Waals surface area contributed by atoms with Gasteiger partial charge in [-0.2, -0.15) is 0 Å². The molecule has 0 heteroatoms. The van der Waals surface area contributed by atoms with E-state index in [1.165, 1.54) is 76.8 Å². The van der Waals surface area contributed by atoms with E-state index < -0.39 is 0 Å². The fourth-order valence-corrected chi connectivity index (χ4v) is 6.52. The maximum atomic E-state index is 2.40. The highest BCUT2D eigenvalue weighted by Gasteiger charge is 2.19. The monoisotopic (exact) mass is 532 g/mol. The molecule has 0 unspecified atom stereocenters. The molecule has 0 amide bonds. The van der Waals surface area contributed by atoms with E-state index in [0.29, 0.717) is 0 Å². The van der Waals surface area contributed by atoms with Crippen molar-refractivity contribution in [3.63, 3.8) is 0 Å². The molecule has 42 heavy (non-hydrogen) atoms. The summed E-state index contributed by atoms with van der Waals surface area (Å²) in [5.41, 5.74) is 9.97. The fraction of sp³-hybridized carbons (Fsp3) is 0. The number of hydrogen-bond donors (Lipinski definition) is 0. The summed E-state index contributed by atoms with van der Waals surface area (Å²) in [6.45, 7) is 0. The summed E-state index contributed by atoms with van der Waals surface area (Å²) in [4.78, 5) is 0. The first-order valence-corrected chi connectivity index (χ1v) is 14.5. The SMILES string of the molecule is c1ccc(-c2cccc(-c3c4ccccc4c(-c4cccc5ccccc45)c4cc(-c5ccccc5)ccc34)c2)cc1. The van der Waals surface area contributed by atoms with Gasteiger partial charge in [0.25, 0.3) is 0 Å². The molecule has 0 aliphatic carbocycles. The summed E-state index contributed by atoms with van der Waals surface area (Å²) in [6.07, 6.45) is 0. The second-order valence-corrected chi connectivity index (χ2v) is 10.9. The molecule has 0 nitrogen and oxygen atoms in total. The number of benzene rings is 8. The van der Waals surface area contributed by atoms with Crippen molar-refractivity contribution in [3.8, 4) is 44.5 Å². The molecular weight excluding hydrogens is 504 g/mol. The highest BCUT2D eigenvalue weighted by atomic mass is 14.2. The topological polar surface area (TPSA) is 0 Å². The van der Waals surface area contributed by atoms with Crippen molar-refractivity contribution < 1.29 is 0 Å². The highest BCUT2D eigenvalue weighted by molar-refractivity contribution is 6.24. The Morgan fingerprint density at radius 3 is 1.48 bits per heavy atom. The van der Waals surface area contributed by atoms with Crippen molar-refractivity contribution in [2.24, 2.45) is 0 Å². The largest absolute Gasteiger partial charge is 0.0622 e. The normalized spacial score (nSPS) is 11.3. The molecule has 0 fully saturated rings. The van der Waals surface area contributed by atoms with Crippen LogP contribution in [0.5, 0.6) is 0 Å². The lowest BCUT2D eigenvalue weighted by molar-refractivity contribution is 1.61. The molecule has 0 aliphatic heterocycles. The Labute approximate surface area is 246 Å². The van der Waals surface area contributed by atoms with Gasteiger partial charge in [-0.1, -0.05) is 158 Å². The van der Waals surface area contributed by atoms with E-state index in [-0.39, 0.29) is 0 Å². The molecule has 0 aliphatic rings. The molecule has 0 bridgehead atoms. The van der Waals surface area contributed by atoms with Gasteiger partial charge in [-0.3, -0.25) is 0 Å². The first-order valence-electron chi connectivity index (χ1n) is 14.5. The Morgan fingerprint density at radius 2 is 0.738 bits per heavy atom. The minimum absolute atomic E-state index is 1.23. The summed E-state index contributed by atoms with van der Waals surface area (Å²) >= 11 is 0. The van der Waals surface area contributed by atoms with Gasteiger partial charge in [-0.25, -0.2) is 0 Å². The third-order valence-corrected chi connectivity index (χ3v) is 8.45. The van der Waals surface area contributed by atoms with E-state index in [0.717, 1.165) is 0 Å². The van der Waals surface area contributed by atoms with Gasteiger partial charge < -0.3 is 0 Å². The molecule has 0 aromatic heterocycles. The Hall–Kier alpha value is -5.46. The Morgan fingerprint density at radius 1 is 0.238 bits per heavy atom. The Balaban J connectivity index is 1.51. The summed E-state index contributed by atoms with van der Waals surface area (Å²) in [7, 11) is 0. The van der Waals surface area contributed by atoms with Crippen LogP contribution in [-0.4, -0.2) is 0 Å². The summed E-state index contributed by atoms with van der Waals surface area (Å²) in [5.74, 6) is 0. The van der Waals surface area contributed by atoms with Crippen molar-refractivity contribution in [1.29, 1.82) is 0 Å². The van der Waals surface area contributed by atoms with Gasteiger partial charge in [0.1, 0.15) is 0 Å². The molecule has 0 radical (unpaired) electrons. The lowest BCUT2D eigenvalue weighted by atomic mass is 9.83. The third kappa shape index (κ3) is 4.08. The van der Waals surface area contributed by atoms with E-state index >= 15 is 0 Å². The van der Waals surface area contributed by atoms with E-state index in [2.05, 4.69) is 170 Å². The molecule has 0 saturated heterocycles. The average Bonchev–Trinajstić information content (AvgIpc) is 3.07. The predicted octanol–water partition coefficient (Wildman–Crippen LogP) is 11.8. The zero-order valence-corrected chi connectivity index (χ0v) is 23.2. The van der Waals surface area contributed by atoms with Crippen LogP contribution in [0.4, 0.5) is 0 Å². The van der Waals surface area contributed by atoms with Gasteiger partial charge in [-0.05, 0) is 89.0 Å². The fourth-order valence-electron chi connectivity index (χ4n) is 6.52. The third-order valence-electron chi connectivity index (χ3n) is 8.45. The maximum Gasteiger partial charge on any atom is -0.00199 e. The molecule has 0 saturated carbocycles. The van der Waals surface area contributed by atoms with Crippen molar-refractivity contribution in [3.05, 3.63) is 170 Å². The first-order chi connectivity index (χ1) is 20.8. The number of hydrogen-bond acceptors (Lipinski definition) is 0. The van der Waals surface area contributed by atoms with E-state index in [4.69, 9.17) is 0 Å². The van der Waals surface area contributed by atoms with Gasteiger partial charge in [0.05, 0.1) is 0 Å². The Bertz CT molecular complexity index is 2220. The van der Waals surface area contributed by atoms with Crippen LogP contribution in [0.3, 0.4) is 0 Å². The van der Waals surface area contributed by atoms with E-state index in [1.807, 2.05) is 0 Å². The zero-order chi connectivity index (χ0) is 27.9. The summed E-state index contributed by atoms with van der Waals surface area (Å²) < 4.78 is 0. The molecule has 0 atom stereocenters. The molecular formula is C42H28. The van der Waals surface area contributed by atoms with Gasteiger partial charge in [0, 0.05) is 0 Å². The van der Waals surface area contributed by atoms with E-state index in [9.17, 15) is 0 Å². The second-order valence-electron chi connectivity index (χ2n) is 10.9. The van der Waals surface area contributed by atoms with Crippen LogP contribution in [0, 0.1) is 0 Å². The van der Waals surface area contributed by atoms with Gasteiger partial charge >= 0.3 is 0 Å². The highest BCUT2D eigenvalue weighted by Crippen LogP contribution is 2.46. The molecule has 0 N–H and O–H groups in total. The predicted molar refractivity (Wildman–Crippen MR) is 181 cm³/mol.